The molecule has 0 atom stereocenters. The Hall–Kier alpha value is -0.870. The van der Waals surface area contributed by atoms with E-state index in [2.05, 4.69) is 16.9 Å². The molecule has 1 heterocycles. The van der Waals surface area contributed by atoms with E-state index in [4.69, 9.17) is 21.1 Å². The fraction of sp³-hybridized carbons (Fsp3) is 0.667. The Balaban J connectivity index is 2.36. The molecule has 1 rings (SSSR count). The van der Waals surface area contributed by atoms with Gasteiger partial charge < -0.3 is 9.47 Å². The van der Waals surface area contributed by atoms with Crippen molar-refractivity contribution in [2.24, 2.45) is 0 Å². The van der Waals surface area contributed by atoms with Crippen molar-refractivity contribution < 1.29 is 9.47 Å². The zero-order valence-electron chi connectivity index (χ0n) is 10.6. The highest BCUT2D eigenvalue weighted by Crippen LogP contribution is 2.21. The normalized spacial score (nSPS) is 10.6. The quantitative estimate of drug-likeness (QED) is 0.557. The number of ether oxygens (including phenoxy) is 2. The van der Waals surface area contributed by atoms with Crippen LogP contribution in [0.5, 0.6) is 5.88 Å². The lowest BCUT2D eigenvalue weighted by Crippen LogP contribution is -2.10. The Morgan fingerprint density at radius 3 is 2.59 bits per heavy atom. The van der Waals surface area contributed by atoms with Crippen molar-refractivity contribution in [1.82, 2.24) is 9.97 Å². The van der Waals surface area contributed by atoms with Crippen LogP contribution in [0.25, 0.3) is 0 Å². The molecule has 1 aromatic heterocycles. The summed E-state index contributed by atoms with van der Waals surface area (Å²) in [5.41, 5.74) is 0.769. The second-order valence-electron chi connectivity index (χ2n) is 3.81. The lowest BCUT2D eigenvalue weighted by Gasteiger charge is -2.09. The maximum Gasteiger partial charge on any atom is 0.221 e. The minimum Gasteiger partial charge on any atom is -0.475 e. The topological polar surface area (TPSA) is 44.2 Å². The van der Waals surface area contributed by atoms with Gasteiger partial charge in [-0.3, -0.25) is 0 Å². The molecule has 0 saturated carbocycles. The molecule has 1 aromatic rings. The molecule has 0 spiro atoms. The standard InChI is InChI=1S/C12H19ClN2O2/c1-4-5-6-16-7-8-17-12-9(2)11(13)14-10(3)15-12/h4-8H2,1-3H3. The average molecular weight is 259 g/mol. The van der Waals surface area contributed by atoms with E-state index < -0.39 is 0 Å². The minimum atomic E-state index is 0.444. The molecule has 0 fully saturated rings. The predicted molar refractivity (Wildman–Crippen MR) is 67.7 cm³/mol. The zero-order valence-corrected chi connectivity index (χ0v) is 11.4. The largest absolute Gasteiger partial charge is 0.475 e. The second-order valence-corrected chi connectivity index (χ2v) is 4.16. The number of halogens is 1. The highest BCUT2D eigenvalue weighted by molar-refractivity contribution is 6.30. The van der Waals surface area contributed by atoms with Gasteiger partial charge in [-0.25, -0.2) is 4.98 Å². The van der Waals surface area contributed by atoms with Crippen molar-refractivity contribution in [2.45, 2.75) is 33.6 Å². The fourth-order valence-corrected chi connectivity index (χ4v) is 1.46. The molecule has 0 bridgehead atoms. The SMILES string of the molecule is CCCCOCCOc1nc(C)nc(Cl)c1C. The highest BCUT2D eigenvalue weighted by Gasteiger charge is 2.08. The maximum absolute atomic E-state index is 5.94. The molecule has 0 radical (unpaired) electrons. The van der Waals surface area contributed by atoms with E-state index in [0.29, 0.717) is 30.1 Å². The third-order valence-corrected chi connectivity index (χ3v) is 2.63. The van der Waals surface area contributed by atoms with Gasteiger partial charge in [0.2, 0.25) is 5.88 Å². The van der Waals surface area contributed by atoms with Crippen LogP contribution in [0.1, 0.15) is 31.2 Å². The van der Waals surface area contributed by atoms with Crippen LogP contribution in [-0.4, -0.2) is 29.8 Å². The Morgan fingerprint density at radius 1 is 1.12 bits per heavy atom. The summed E-state index contributed by atoms with van der Waals surface area (Å²) in [7, 11) is 0. The van der Waals surface area contributed by atoms with E-state index in [1.54, 1.807) is 6.92 Å². The Bertz CT molecular complexity index is 359. The van der Waals surface area contributed by atoms with E-state index >= 15 is 0 Å². The van der Waals surface area contributed by atoms with Gasteiger partial charge in [0.15, 0.2) is 0 Å². The van der Waals surface area contributed by atoms with E-state index in [1.165, 1.54) is 0 Å². The summed E-state index contributed by atoms with van der Waals surface area (Å²) in [4.78, 5) is 8.24. The van der Waals surface area contributed by atoms with Crippen molar-refractivity contribution in [1.29, 1.82) is 0 Å². The van der Waals surface area contributed by atoms with Crippen LogP contribution in [0.4, 0.5) is 0 Å². The summed E-state index contributed by atoms with van der Waals surface area (Å²) >= 11 is 5.94. The van der Waals surface area contributed by atoms with Crippen LogP contribution in [0.2, 0.25) is 5.15 Å². The van der Waals surface area contributed by atoms with E-state index in [-0.39, 0.29) is 0 Å². The fourth-order valence-electron chi connectivity index (χ4n) is 1.26. The average Bonchev–Trinajstić information content (AvgIpc) is 2.29. The van der Waals surface area contributed by atoms with Crippen molar-refractivity contribution in [3.8, 4) is 5.88 Å². The second kappa shape index (κ2) is 7.45. The van der Waals surface area contributed by atoms with Gasteiger partial charge in [-0.15, -0.1) is 0 Å². The van der Waals surface area contributed by atoms with Crippen molar-refractivity contribution in [2.75, 3.05) is 19.8 Å². The summed E-state index contributed by atoms with van der Waals surface area (Å²) < 4.78 is 10.9. The number of unbranched alkanes of at least 4 members (excludes halogenated alkanes) is 1. The Morgan fingerprint density at radius 2 is 1.88 bits per heavy atom. The number of hydrogen-bond donors (Lipinski definition) is 0. The van der Waals surface area contributed by atoms with Crippen molar-refractivity contribution in [3.05, 3.63) is 16.5 Å². The van der Waals surface area contributed by atoms with Gasteiger partial charge in [0.25, 0.3) is 0 Å². The highest BCUT2D eigenvalue weighted by atomic mass is 35.5. The molecule has 0 amide bonds. The van der Waals surface area contributed by atoms with Crippen LogP contribution in [0, 0.1) is 13.8 Å². The molecule has 0 aliphatic rings. The van der Waals surface area contributed by atoms with Crippen LogP contribution >= 0.6 is 11.6 Å². The molecule has 0 N–H and O–H groups in total. The van der Waals surface area contributed by atoms with Crippen LogP contribution in [-0.2, 0) is 4.74 Å². The van der Waals surface area contributed by atoms with Gasteiger partial charge in [0.1, 0.15) is 17.6 Å². The van der Waals surface area contributed by atoms with Gasteiger partial charge in [0.05, 0.1) is 6.61 Å². The van der Waals surface area contributed by atoms with Crippen LogP contribution in [0.3, 0.4) is 0 Å². The van der Waals surface area contributed by atoms with Crippen molar-refractivity contribution in [3.63, 3.8) is 0 Å². The van der Waals surface area contributed by atoms with Gasteiger partial charge in [-0.05, 0) is 20.3 Å². The molecule has 0 unspecified atom stereocenters. The lowest BCUT2D eigenvalue weighted by molar-refractivity contribution is 0.0961. The molecule has 17 heavy (non-hydrogen) atoms. The lowest BCUT2D eigenvalue weighted by atomic mass is 10.3. The minimum absolute atomic E-state index is 0.444. The van der Waals surface area contributed by atoms with Gasteiger partial charge >= 0.3 is 0 Å². The summed E-state index contributed by atoms with van der Waals surface area (Å²) in [5.74, 6) is 1.16. The first kappa shape index (κ1) is 14.2. The van der Waals surface area contributed by atoms with E-state index in [1.807, 2.05) is 6.92 Å². The Kier molecular flexibility index (Phi) is 6.22. The molecule has 0 aromatic carbocycles. The zero-order chi connectivity index (χ0) is 12.7. The third kappa shape index (κ3) is 4.88. The van der Waals surface area contributed by atoms with Gasteiger partial charge in [-0.1, -0.05) is 24.9 Å². The van der Waals surface area contributed by atoms with Crippen LogP contribution in [0.15, 0.2) is 0 Å². The van der Waals surface area contributed by atoms with Crippen molar-refractivity contribution >= 4 is 11.6 Å². The molecule has 0 saturated heterocycles. The maximum atomic E-state index is 5.94. The number of aromatic nitrogens is 2. The first-order valence-electron chi connectivity index (χ1n) is 5.86. The molecular weight excluding hydrogens is 240 g/mol. The summed E-state index contributed by atoms with van der Waals surface area (Å²) in [5, 5.41) is 0.444. The van der Waals surface area contributed by atoms with Gasteiger partial charge in [0, 0.05) is 12.2 Å². The molecule has 0 aliphatic heterocycles. The molecule has 96 valence electrons. The molecule has 5 heteroatoms. The number of nitrogens with zero attached hydrogens (tertiary/aromatic N) is 2. The van der Waals surface area contributed by atoms with Crippen LogP contribution < -0.4 is 4.74 Å². The number of hydrogen-bond acceptors (Lipinski definition) is 4. The first-order valence-corrected chi connectivity index (χ1v) is 6.24. The molecular formula is C12H19ClN2O2. The Labute approximate surface area is 107 Å². The van der Waals surface area contributed by atoms with E-state index in [0.717, 1.165) is 25.0 Å². The summed E-state index contributed by atoms with van der Waals surface area (Å²) in [6.45, 7) is 7.60. The predicted octanol–water partition coefficient (Wildman–Crippen LogP) is 2.94. The third-order valence-electron chi connectivity index (χ3n) is 2.26. The molecule has 0 aliphatic carbocycles. The smallest absolute Gasteiger partial charge is 0.221 e. The van der Waals surface area contributed by atoms with E-state index in [9.17, 15) is 0 Å². The van der Waals surface area contributed by atoms with Gasteiger partial charge in [-0.2, -0.15) is 4.98 Å². The summed E-state index contributed by atoms with van der Waals surface area (Å²) in [6, 6.07) is 0. The number of aryl methyl sites for hydroxylation is 1. The number of rotatable bonds is 7. The molecule has 4 nitrogen and oxygen atoms in total. The first-order chi connectivity index (χ1) is 8.15. The summed E-state index contributed by atoms with van der Waals surface area (Å²) in [6.07, 6.45) is 2.22. The monoisotopic (exact) mass is 258 g/mol.